The fraction of sp³-hybridized carbons (Fsp3) is 0.273. The normalized spacial score (nSPS) is 11.5. The van der Waals surface area contributed by atoms with E-state index in [2.05, 4.69) is 13.0 Å². The molecule has 30 heavy (non-hydrogen) atoms. The standard InChI is InChI=1S/C22H24N4O3S/c1-15-5-11-19-21(16(15)2)23-22(30-19)25(14-13-24(3)4)20(27)12-8-17-6-9-18(10-7-17)26(28)29/h5-12H,13-14H2,1-4H3. The lowest BCUT2D eigenvalue weighted by atomic mass is 10.1. The Morgan fingerprint density at radius 2 is 1.83 bits per heavy atom. The molecule has 3 aromatic rings. The van der Waals surface area contributed by atoms with Crippen LogP contribution >= 0.6 is 11.3 Å². The fourth-order valence-electron chi connectivity index (χ4n) is 2.89. The smallest absolute Gasteiger partial charge is 0.269 e. The molecule has 0 spiro atoms. The Bertz CT molecular complexity index is 1100. The van der Waals surface area contributed by atoms with Crippen molar-refractivity contribution in [2.24, 2.45) is 0 Å². The molecule has 3 rings (SSSR count). The third-order valence-electron chi connectivity index (χ3n) is 4.86. The molecule has 0 saturated carbocycles. The van der Waals surface area contributed by atoms with Gasteiger partial charge in [0.25, 0.3) is 11.6 Å². The highest BCUT2D eigenvalue weighted by Gasteiger charge is 2.19. The molecule has 0 radical (unpaired) electrons. The molecule has 0 aliphatic rings. The van der Waals surface area contributed by atoms with E-state index in [1.54, 1.807) is 23.1 Å². The van der Waals surface area contributed by atoms with Gasteiger partial charge < -0.3 is 4.90 Å². The van der Waals surface area contributed by atoms with Gasteiger partial charge in [0.05, 0.1) is 15.1 Å². The number of anilines is 1. The van der Waals surface area contributed by atoms with Crippen LogP contribution in [-0.2, 0) is 4.79 Å². The number of non-ortho nitro benzene ring substituents is 1. The molecule has 156 valence electrons. The number of aryl methyl sites for hydroxylation is 2. The fourth-order valence-corrected chi connectivity index (χ4v) is 3.95. The molecule has 1 amide bonds. The molecule has 1 aromatic heterocycles. The summed E-state index contributed by atoms with van der Waals surface area (Å²) < 4.78 is 1.05. The van der Waals surface area contributed by atoms with Gasteiger partial charge in [-0.05, 0) is 68.9 Å². The predicted octanol–water partition coefficient (Wildman–Crippen LogP) is 4.43. The minimum atomic E-state index is -0.446. The van der Waals surface area contributed by atoms with Crippen molar-refractivity contribution in [3.63, 3.8) is 0 Å². The highest BCUT2D eigenvalue weighted by atomic mass is 32.1. The van der Waals surface area contributed by atoms with Crippen molar-refractivity contribution in [1.82, 2.24) is 9.88 Å². The number of nitro benzene ring substituents is 1. The number of fused-ring (bicyclic) bond motifs is 1. The summed E-state index contributed by atoms with van der Waals surface area (Å²) in [7, 11) is 3.92. The largest absolute Gasteiger partial charge is 0.308 e. The highest BCUT2D eigenvalue weighted by Crippen LogP contribution is 2.32. The number of benzene rings is 2. The van der Waals surface area contributed by atoms with Gasteiger partial charge in [-0.1, -0.05) is 17.4 Å². The quantitative estimate of drug-likeness (QED) is 0.318. The lowest BCUT2D eigenvalue weighted by molar-refractivity contribution is -0.384. The van der Waals surface area contributed by atoms with E-state index < -0.39 is 4.92 Å². The second-order valence-corrected chi connectivity index (χ2v) is 8.33. The Hall–Kier alpha value is -3.10. The highest BCUT2D eigenvalue weighted by molar-refractivity contribution is 7.22. The van der Waals surface area contributed by atoms with Gasteiger partial charge in [0, 0.05) is 31.3 Å². The molecule has 8 heteroatoms. The minimum absolute atomic E-state index is 0.0197. The maximum absolute atomic E-state index is 13.0. The Labute approximate surface area is 179 Å². The van der Waals surface area contributed by atoms with E-state index in [1.807, 2.05) is 32.0 Å². The molecule has 2 aromatic carbocycles. The summed E-state index contributed by atoms with van der Waals surface area (Å²) in [6, 6.07) is 10.2. The van der Waals surface area contributed by atoms with E-state index in [-0.39, 0.29) is 11.6 Å². The monoisotopic (exact) mass is 424 g/mol. The number of nitrogens with zero attached hydrogens (tertiary/aromatic N) is 4. The first kappa shape index (κ1) is 21.6. The average molecular weight is 425 g/mol. The molecule has 1 heterocycles. The number of nitro groups is 1. The van der Waals surface area contributed by atoms with Crippen LogP contribution in [0, 0.1) is 24.0 Å². The summed E-state index contributed by atoms with van der Waals surface area (Å²) in [5, 5.41) is 11.5. The average Bonchev–Trinajstić information content (AvgIpc) is 3.14. The van der Waals surface area contributed by atoms with Crippen molar-refractivity contribution < 1.29 is 9.72 Å². The van der Waals surface area contributed by atoms with Crippen LogP contribution in [0.5, 0.6) is 0 Å². The van der Waals surface area contributed by atoms with Crippen molar-refractivity contribution in [2.75, 3.05) is 32.1 Å². The van der Waals surface area contributed by atoms with Gasteiger partial charge in [-0.15, -0.1) is 0 Å². The third kappa shape index (κ3) is 4.90. The zero-order valence-corrected chi connectivity index (χ0v) is 18.3. The van der Waals surface area contributed by atoms with Gasteiger partial charge in [0.1, 0.15) is 0 Å². The Balaban J connectivity index is 1.88. The number of hydrogen-bond acceptors (Lipinski definition) is 6. The topological polar surface area (TPSA) is 79.6 Å². The molecule has 0 fully saturated rings. The Morgan fingerprint density at radius 1 is 1.13 bits per heavy atom. The second-order valence-electron chi connectivity index (χ2n) is 7.33. The van der Waals surface area contributed by atoms with Gasteiger partial charge in [0.15, 0.2) is 5.13 Å². The van der Waals surface area contributed by atoms with Crippen molar-refractivity contribution in [1.29, 1.82) is 0 Å². The van der Waals surface area contributed by atoms with E-state index >= 15 is 0 Å². The number of aromatic nitrogens is 1. The van der Waals surface area contributed by atoms with Crippen LogP contribution < -0.4 is 4.90 Å². The molecule has 7 nitrogen and oxygen atoms in total. The summed E-state index contributed by atoms with van der Waals surface area (Å²) in [5.74, 6) is -0.177. The van der Waals surface area contributed by atoms with Crippen LogP contribution in [0.4, 0.5) is 10.8 Å². The first-order valence-corrected chi connectivity index (χ1v) is 10.3. The van der Waals surface area contributed by atoms with Crippen molar-refractivity contribution >= 4 is 44.4 Å². The summed E-state index contributed by atoms with van der Waals surface area (Å²) in [5.41, 5.74) is 3.96. The number of amides is 1. The zero-order chi connectivity index (χ0) is 21.8. The van der Waals surface area contributed by atoms with Gasteiger partial charge in [-0.25, -0.2) is 4.98 Å². The van der Waals surface area contributed by atoms with E-state index in [4.69, 9.17) is 4.98 Å². The first-order chi connectivity index (χ1) is 14.3. The molecule has 0 bridgehead atoms. The summed E-state index contributed by atoms with van der Waals surface area (Å²) >= 11 is 1.50. The van der Waals surface area contributed by atoms with Crippen LogP contribution in [-0.4, -0.2) is 47.9 Å². The molecular weight excluding hydrogens is 400 g/mol. The Kier molecular flexibility index (Phi) is 6.59. The van der Waals surface area contributed by atoms with E-state index in [0.29, 0.717) is 18.2 Å². The Morgan fingerprint density at radius 3 is 2.47 bits per heavy atom. The third-order valence-corrected chi connectivity index (χ3v) is 5.91. The number of hydrogen-bond donors (Lipinski definition) is 0. The summed E-state index contributed by atoms with van der Waals surface area (Å²) in [6.07, 6.45) is 3.15. The van der Waals surface area contributed by atoms with Crippen LogP contribution in [0.1, 0.15) is 16.7 Å². The van der Waals surface area contributed by atoms with E-state index in [9.17, 15) is 14.9 Å². The number of carbonyl (C=O) groups excluding carboxylic acids is 1. The zero-order valence-electron chi connectivity index (χ0n) is 17.5. The van der Waals surface area contributed by atoms with Crippen molar-refractivity contribution in [3.8, 4) is 0 Å². The molecule has 0 atom stereocenters. The van der Waals surface area contributed by atoms with Crippen LogP contribution in [0.25, 0.3) is 16.3 Å². The van der Waals surface area contributed by atoms with E-state index in [1.165, 1.54) is 35.1 Å². The summed E-state index contributed by atoms with van der Waals surface area (Å²) in [4.78, 5) is 31.8. The lowest BCUT2D eigenvalue weighted by Crippen LogP contribution is -2.35. The molecule has 0 N–H and O–H groups in total. The first-order valence-electron chi connectivity index (χ1n) is 9.52. The van der Waals surface area contributed by atoms with Crippen molar-refractivity contribution in [3.05, 3.63) is 69.3 Å². The molecular formula is C22H24N4O3S. The number of thiazole rings is 1. The predicted molar refractivity (Wildman–Crippen MR) is 122 cm³/mol. The van der Waals surface area contributed by atoms with Gasteiger partial charge in [0.2, 0.25) is 0 Å². The number of carbonyl (C=O) groups is 1. The SMILES string of the molecule is Cc1ccc2sc(N(CCN(C)C)C(=O)C=Cc3ccc([N+](=O)[O-])cc3)nc2c1C. The maximum atomic E-state index is 13.0. The van der Waals surface area contributed by atoms with Crippen LogP contribution in [0.2, 0.25) is 0 Å². The van der Waals surface area contributed by atoms with Crippen molar-refractivity contribution in [2.45, 2.75) is 13.8 Å². The van der Waals surface area contributed by atoms with Crippen LogP contribution in [0.15, 0.2) is 42.5 Å². The molecule has 0 saturated heterocycles. The van der Waals surface area contributed by atoms with Gasteiger partial charge in [-0.3, -0.25) is 19.8 Å². The maximum Gasteiger partial charge on any atom is 0.269 e. The lowest BCUT2D eigenvalue weighted by Gasteiger charge is -2.20. The number of likely N-dealkylation sites (N-methyl/N-ethyl adjacent to an activating group) is 1. The van der Waals surface area contributed by atoms with Gasteiger partial charge >= 0.3 is 0 Å². The minimum Gasteiger partial charge on any atom is -0.308 e. The second kappa shape index (κ2) is 9.15. The van der Waals surface area contributed by atoms with Gasteiger partial charge in [-0.2, -0.15) is 0 Å². The number of rotatable bonds is 7. The van der Waals surface area contributed by atoms with E-state index in [0.717, 1.165) is 21.3 Å². The van der Waals surface area contributed by atoms with Crippen LogP contribution in [0.3, 0.4) is 0 Å². The summed E-state index contributed by atoms with van der Waals surface area (Å²) in [6.45, 7) is 5.30. The molecule has 0 aliphatic carbocycles. The molecule has 0 unspecified atom stereocenters. The molecule has 0 aliphatic heterocycles.